The number of amides is 1. The van der Waals surface area contributed by atoms with Crippen molar-refractivity contribution in [3.8, 4) is 11.5 Å². The summed E-state index contributed by atoms with van der Waals surface area (Å²) in [4.78, 5) is 17.8. The molecule has 0 unspecified atom stereocenters. The predicted octanol–water partition coefficient (Wildman–Crippen LogP) is 3.60. The van der Waals surface area contributed by atoms with E-state index in [1.807, 2.05) is 33.0 Å². The summed E-state index contributed by atoms with van der Waals surface area (Å²) in [6.07, 6.45) is 4.41. The average molecular weight is 421 g/mol. The van der Waals surface area contributed by atoms with E-state index in [0.717, 1.165) is 53.9 Å². The van der Waals surface area contributed by atoms with Crippen molar-refractivity contribution in [1.29, 1.82) is 0 Å². The highest BCUT2D eigenvalue weighted by molar-refractivity contribution is 5.98. The van der Waals surface area contributed by atoms with Crippen LogP contribution in [-0.2, 0) is 12.5 Å². The molecule has 1 aliphatic carbocycles. The molecule has 0 bridgehead atoms. The van der Waals surface area contributed by atoms with Crippen molar-refractivity contribution in [2.45, 2.75) is 44.9 Å². The first-order valence-electron chi connectivity index (χ1n) is 11.0. The summed E-state index contributed by atoms with van der Waals surface area (Å²) in [7, 11) is 1.87. The zero-order chi connectivity index (χ0) is 21.6. The van der Waals surface area contributed by atoms with Crippen LogP contribution in [0.25, 0.3) is 11.0 Å². The number of nitrogens with zero attached hydrogens (tertiary/aromatic N) is 3. The Morgan fingerprint density at radius 1 is 1.10 bits per heavy atom. The van der Waals surface area contributed by atoms with Crippen LogP contribution in [0.3, 0.4) is 0 Å². The maximum absolute atomic E-state index is 13.2. The molecule has 2 aromatic heterocycles. The van der Waals surface area contributed by atoms with Gasteiger partial charge < -0.3 is 14.8 Å². The second kappa shape index (κ2) is 7.55. The van der Waals surface area contributed by atoms with E-state index in [1.165, 1.54) is 5.56 Å². The van der Waals surface area contributed by atoms with E-state index in [0.29, 0.717) is 31.0 Å². The lowest BCUT2D eigenvalue weighted by molar-refractivity contribution is 0.0942. The Morgan fingerprint density at radius 2 is 1.84 bits per heavy atom. The highest BCUT2D eigenvalue weighted by Crippen LogP contribution is 2.44. The quantitative estimate of drug-likeness (QED) is 0.698. The molecule has 0 spiro atoms. The molecule has 7 heteroatoms. The number of aryl methyl sites for hydroxylation is 3. The smallest absolute Gasteiger partial charge is 0.253 e. The van der Waals surface area contributed by atoms with Crippen molar-refractivity contribution in [2.75, 3.05) is 19.8 Å². The normalized spacial score (nSPS) is 17.1. The molecule has 1 aliphatic heterocycles. The first-order valence-corrected chi connectivity index (χ1v) is 11.0. The Labute approximate surface area is 181 Å². The van der Waals surface area contributed by atoms with Crippen LogP contribution in [0.1, 0.15) is 53.0 Å². The minimum Gasteiger partial charge on any atom is -0.486 e. The largest absolute Gasteiger partial charge is 0.486 e. The summed E-state index contributed by atoms with van der Waals surface area (Å²) in [5, 5.41) is 8.56. The van der Waals surface area contributed by atoms with Gasteiger partial charge in [-0.05, 0) is 50.5 Å². The van der Waals surface area contributed by atoms with Gasteiger partial charge in [-0.3, -0.25) is 9.48 Å². The van der Waals surface area contributed by atoms with E-state index in [9.17, 15) is 4.79 Å². The number of carbonyl (C=O) groups is 1. The zero-order valence-electron chi connectivity index (χ0n) is 18.3. The van der Waals surface area contributed by atoms with Crippen molar-refractivity contribution in [1.82, 2.24) is 20.1 Å². The molecule has 1 aromatic carbocycles. The molecule has 0 radical (unpaired) electrons. The summed E-state index contributed by atoms with van der Waals surface area (Å²) in [6.45, 7) is 5.57. The van der Waals surface area contributed by atoms with Crippen molar-refractivity contribution in [3.05, 3.63) is 46.8 Å². The van der Waals surface area contributed by atoms with Gasteiger partial charge in [0, 0.05) is 24.4 Å². The molecule has 3 heterocycles. The first-order chi connectivity index (χ1) is 15.0. The maximum atomic E-state index is 13.2. The second-order valence-electron chi connectivity index (χ2n) is 8.73. The number of hydrogen-bond donors (Lipinski definition) is 1. The van der Waals surface area contributed by atoms with Gasteiger partial charge in [0.15, 0.2) is 17.1 Å². The lowest BCUT2D eigenvalue weighted by Gasteiger charge is -2.31. The van der Waals surface area contributed by atoms with Gasteiger partial charge in [0.2, 0.25) is 0 Å². The molecule has 1 N–H and O–H groups in total. The van der Waals surface area contributed by atoms with Gasteiger partial charge in [-0.25, -0.2) is 4.98 Å². The van der Waals surface area contributed by atoms with Crippen LogP contribution in [0.4, 0.5) is 0 Å². The monoisotopic (exact) mass is 420 g/mol. The van der Waals surface area contributed by atoms with Gasteiger partial charge in [-0.1, -0.05) is 18.9 Å². The topological polar surface area (TPSA) is 78.3 Å². The van der Waals surface area contributed by atoms with Crippen molar-refractivity contribution < 1.29 is 14.3 Å². The Morgan fingerprint density at radius 3 is 2.61 bits per heavy atom. The summed E-state index contributed by atoms with van der Waals surface area (Å²) in [5.41, 5.74) is 4.13. The van der Waals surface area contributed by atoms with Crippen molar-refractivity contribution in [3.63, 3.8) is 0 Å². The summed E-state index contributed by atoms with van der Waals surface area (Å²) >= 11 is 0. The van der Waals surface area contributed by atoms with E-state index in [4.69, 9.17) is 9.47 Å². The maximum Gasteiger partial charge on any atom is 0.253 e. The molecule has 1 fully saturated rings. The lowest BCUT2D eigenvalue weighted by atomic mass is 9.78. The molecule has 31 heavy (non-hydrogen) atoms. The molecule has 1 amide bonds. The van der Waals surface area contributed by atoms with E-state index < -0.39 is 0 Å². The van der Waals surface area contributed by atoms with Gasteiger partial charge >= 0.3 is 0 Å². The van der Waals surface area contributed by atoms with Gasteiger partial charge in [-0.15, -0.1) is 0 Å². The summed E-state index contributed by atoms with van der Waals surface area (Å²) < 4.78 is 13.2. The lowest BCUT2D eigenvalue weighted by Crippen LogP contribution is -2.39. The van der Waals surface area contributed by atoms with Gasteiger partial charge in [0.05, 0.1) is 17.0 Å². The number of carbonyl (C=O) groups excluding carboxylic acids is 1. The van der Waals surface area contributed by atoms with E-state index >= 15 is 0 Å². The molecule has 1 saturated carbocycles. The van der Waals surface area contributed by atoms with E-state index in [-0.39, 0.29) is 11.3 Å². The van der Waals surface area contributed by atoms with Crippen LogP contribution < -0.4 is 14.8 Å². The van der Waals surface area contributed by atoms with E-state index in [1.54, 1.807) is 4.68 Å². The number of fused-ring (bicyclic) bond motifs is 2. The Kier molecular flexibility index (Phi) is 4.84. The van der Waals surface area contributed by atoms with Crippen LogP contribution in [0.5, 0.6) is 11.5 Å². The highest BCUT2D eigenvalue weighted by atomic mass is 16.6. The molecular formula is C24H28N4O3. The molecule has 2 aliphatic rings. The van der Waals surface area contributed by atoms with Gasteiger partial charge in [0.25, 0.3) is 5.91 Å². The molecule has 0 saturated heterocycles. The molecule has 0 atom stereocenters. The third-order valence-electron chi connectivity index (χ3n) is 6.74. The fourth-order valence-electron chi connectivity index (χ4n) is 5.00. The standard InChI is InChI=1S/C24H28N4O3/c1-15-19(13-18-16(2)27-28(3)22(18)26-15)23(29)25-14-24(8-4-5-9-24)17-6-7-20-21(12-17)31-11-10-30-20/h6-7,12-13H,4-5,8-11,14H2,1-3H3,(H,25,29). The fraction of sp³-hybridized carbons (Fsp3) is 0.458. The predicted molar refractivity (Wildman–Crippen MR) is 118 cm³/mol. The second-order valence-corrected chi connectivity index (χ2v) is 8.73. The van der Waals surface area contributed by atoms with Crippen LogP contribution in [-0.4, -0.2) is 40.4 Å². The zero-order valence-corrected chi connectivity index (χ0v) is 18.3. The number of rotatable bonds is 4. The fourth-order valence-corrected chi connectivity index (χ4v) is 5.00. The highest BCUT2D eigenvalue weighted by Gasteiger charge is 2.37. The van der Waals surface area contributed by atoms with Crippen LogP contribution in [0.15, 0.2) is 24.3 Å². The number of ether oxygens (including phenoxy) is 2. The minimum absolute atomic E-state index is 0.0822. The number of nitrogens with one attached hydrogen (secondary N) is 1. The van der Waals surface area contributed by atoms with Gasteiger partial charge in [-0.2, -0.15) is 5.10 Å². The number of benzene rings is 1. The minimum atomic E-state index is -0.0843. The summed E-state index contributed by atoms with van der Waals surface area (Å²) in [6, 6.07) is 8.15. The Balaban J connectivity index is 1.41. The molecule has 7 nitrogen and oxygen atoms in total. The number of hydrogen-bond acceptors (Lipinski definition) is 5. The Bertz CT molecular complexity index is 1160. The van der Waals surface area contributed by atoms with E-state index in [2.05, 4.69) is 27.5 Å². The number of aromatic nitrogens is 3. The third kappa shape index (κ3) is 3.42. The SMILES string of the molecule is Cc1nc2c(cc1C(=O)NCC1(c3ccc4c(c3)OCCO4)CCCC1)c(C)nn2C. The molecule has 3 aromatic rings. The molecular weight excluding hydrogens is 392 g/mol. The first kappa shape index (κ1) is 19.8. The van der Waals surface area contributed by atoms with Crippen molar-refractivity contribution in [2.24, 2.45) is 7.05 Å². The molecule has 5 rings (SSSR count). The molecule has 162 valence electrons. The van der Waals surface area contributed by atoms with Crippen LogP contribution in [0, 0.1) is 13.8 Å². The van der Waals surface area contributed by atoms with Crippen molar-refractivity contribution >= 4 is 16.9 Å². The van der Waals surface area contributed by atoms with Crippen LogP contribution in [0.2, 0.25) is 0 Å². The van der Waals surface area contributed by atoms with Gasteiger partial charge in [0.1, 0.15) is 13.2 Å². The summed E-state index contributed by atoms with van der Waals surface area (Å²) in [5.74, 6) is 1.52. The van der Waals surface area contributed by atoms with Crippen LogP contribution >= 0.6 is 0 Å². The Hall–Kier alpha value is -3.09. The third-order valence-corrected chi connectivity index (χ3v) is 6.74. The average Bonchev–Trinajstić information content (AvgIpc) is 3.36. The number of pyridine rings is 1.